The van der Waals surface area contributed by atoms with Gasteiger partial charge in [0.1, 0.15) is 0 Å². The first kappa shape index (κ1) is 13.6. The summed E-state index contributed by atoms with van der Waals surface area (Å²) in [7, 11) is 1.88. The first-order valence-electron chi connectivity index (χ1n) is 5.52. The normalized spacial score (nSPS) is 12.7. The summed E-state index contributed by atoms with van der Waals surface area (Å²) >= 11 is 6.88. The summed E-state index contributed by atoms with van der Waals surface area (Å²) in [6.07, 6.45) is 3.61. The predicted molar refractivity (Wildman–Crippen MR) is 76.2 cm³/mol. The number of hydrogen-bond donors (Lipinski definition) is 1. The Hall–Kier alpha value is -0.790. The van der Waals surface area contributed by atoms with Gasteiger partial charge in [0, 0.05) is 23.9 Å². The minimum absolute atomic E-state index is 0.00868. The maximum atomic E-state index is 4.20. The van der Waals surface area contributed by atoms with Gasteiger partial charge in [-0.3, -0.25) is 4.98 Å². The van der Waals surface area contributed by atoms with E-state index >= 15 is 0 Å². The molecule has 0 saturated heterocycles. The van der Waals surface area contributed by atoms with E-state index < -0.39 is 0 Å². The van der Waals surface area contributed by atoms with E-state index in [9.17, 15) is 0 Å². The highest BCUT2D eigenvalue weighted by Crippen LogP contribution is 2.27. The zero-order valence-corrected chi connectivity index (χ0v) is 13.2. The van der Waals surface area contributed by atoms with Gasteiger partial charge in [-0.2, -0.15) is 0 Å². The number of nitrogens with one attached hydrogen (secondary N) is 1. The van der Waals surface area contributed by atoms with Crippen molar-refractivity contribution in [3.05, 3.63) is 38.8 Å². The molecule has 2 heterocycles. The van der Waals surface area contributed by atoms with Crippen LogP contribution in [-0.2, 0) is 7.05 Å². The van der Waals surface area contributed by atoms with E-state index in [2.05, 4.69) is 59.4 Å². The van der Waals surface area contributed by atoms with E-state index in [0.717, 1.165) is 26.9 Å². The van der Waals surface area contributed by atoms with Crippen molar-refractivity contribution >= 4 is 31.9 Å². The van der Waals surface area contributed by atoms with Crippen LogP contribution in [0.3, 0.4) is 0 Å². The smallest absolute Gasteiger partial charge is 0.153 e. The average molecular weight is 375 g/mol. The fraction of sp³-hybridized carbons (Fsp3) is 0.364. The first-order chi connectivity index (χ1) is 8.63. The molecule has 7 heteroatoms. The van der Waals surface area contributed by atoms with Crippen LogP contribution in [0.2, 0.25) is 0 Å². The molecule has 0 aliphatic rings. The van der Waals surface area contributed by atoms with E-state index in [4.69, 9.17) is 0 Å². The Labute approximate surface area is 122 Å². The molecule has 1 unspecified atom stereocenters. The lowest BCUT2D eigenvalue weighted by Gasteiger charge is -2.18. The number of hydrogen-bond acceptors (Lipinski definition) is 4. The van der Waals surface area contributed by atoms with Crippen molar-refractivity contribution in [1.82, 2.24) is 25.3 Å². The van der Waals surface area contributed by atoms with Crippen molar-refractivity contribution in [1.29, 1.82) is 0 Å². The topological polar surface area (TPSA) is 55.6 Å². The molecule has 0 amide bonds. The number of rotatable bonds is 4. The molecule has 0 aromatic carbocycles. The van der Waals surface area contributed by atoms with Crippen molar-refractivity contribution in [3.63, 3.8) is 0 Å². The van der Waals surface area contributed by atoms with Crippen LogP contribution < -0.4 is 5.32 Å². The van der Waals surface area contributed by atoms with Crippen molar-refractivity contribution in [2.45, 2.75) is 13.0 Å². The summed E-state index contributed by atoms with van der Waals surface area (Å²) in [6.45, 7) is 2.91. The molecule has 5 nitrogen and oxygen atoms in total. The first-order valence-corrected chi connectivity index (χ1v) is 7.11. The summed E-state index contributed by atoms with van der Waals surface area (Å²) in [5.41, 5.74) is 2.05. The van der Waals surface area contributed by atoms with Gasteiger partial charge in [0.15, 0.2) is 4.60 Å². The Bertz CT molecular complexity index is 520. The Morgan fingerprint density at radius 2 is 2.17 bits per heavy atom. The van der Waals surface area contributed by atoms with Crippen LogP contribution in [0.5, 0.6) is 0 Å². The van der Waals surface area contributed by atoms with Gasteiger partial charge in [-0.05, 0) is 50.0 Å². The summed E-state index contributed by atoms with van der Waals surface area (Å²) in [6, 6.07) is 2.05. The minimum Gasteiger partial charge on any atom is -0.305 e. The molecule has 0 aliphatic carbocycles. The molecule has 2 aromatic heterocycles. The standard InChI is InChI=1S/C11H13Br2N5/c1-3-15-9(7-4-8(12)6-14-5-7)10-11(13)16-17-18(10)2/h4-6,9,15H,3H2,1-2H3. The molecule has 0 bridgehead atoms. The number of aromatic nitrogens is 4. The Morgan fingerprint density at radius 3 is 2.72 bits per heavy atom. The molecule has 0 radical (unpaired) electrons. The Balaban J connectivity index is 2.46. The van der Waals surface area contributed by atoms with Gasteiger partial charge in [-0.15, -0.1) is 5.10 Å². The van der Waals surface area contributed by atoms with Gasteiger partial charge >= 0.3 is 0 Å². The molecule has 2 rings (SSSR count). The summed E-state index contributed by atoms with van der Waals surface area (Å²) < 4.78 is 3.46. The monoisotopic (exact) mass is 373 g/mol. The highest BCUT2D eigenvalue weighted by atomic mass is 79.9. The molecule has 2 aromatic rings. The quantitative estimate of drug-likeness (QED) is 0.892. The van der Waals surface area contributed by atoms with Crippen LogP contribution in [0.15, 0.2) is 27.5 Å². The van der Waals surface area contributed by atoms with E-state index in [0.29, 0.717) is 0 Å². The molecule has 0 fully saturated rings. The van der Waals surface area contributed by atoms with Crippen molar-refractivity contribution < 1.29 is 0 Å². The largest absolute Gasteiger partial charge is 0.305 e. The number of aryl methyl sites for hydroxylation is 1. The molecule has 0 spiro atoms. The van der Waals surface area contributed by atoms with Crippen LogP contribution in [0.4, 0.5) is 0 Å². The van der Waals surface area contributed by atoms with Crippen LogP contribution in [0.1, 0.15) is 24.2 Å². The third-order valence-corrected chi connectivity index (χ3v) is 3.57. The molecular formula is C11H13Br2N5. The van der Waals surface area contributed by atoms with Gasteiger partial charge < -0.3 is 5.32 Å². The van der Waals surface area contributed by atoms with Crippen LogP contribution in [0.25, 0.3) is 0 Å². The van der Waals surface area contributed by atoms with E-state index in [-0.39, 0.29) is 6.04 Å². The molecule has 0 saturated carbocycles. The second kappa shape index (κ2) is 5.90. The lowest BCUT2D eigenvalue weighted by atomic mass is 10.1. The highest BCUT2D eigenvalue weighted by Gasteiger charge is 2.21. The van der Waals surface area contributed by atoms with Gasteiger partial charge in [0.2, 0.25) is 0 Å². The van der Waals surface area contributed by atoms with E-state index in [1.807, 2.05) is 19.3 Å². The average Bonchev–Trinajstić information content (AvgIpc) is 2.67. The molecule has 18 heavy (non-hydrogen) atoms. The minimum atomic E-state index is 0.00868. The summed E-state index contributed by atoms with van der Waals surface area (Å²) in [5, 5.41) is 11.5. The highest BCUT2D eigenvalue weighted by molar-refractivity contribution is 9.10. The molecular weight excluding hydrogens is 362 g/mol. The van der Waals surface area contributed by atoms with Crippen LogP contribution in [0, 0.1) is 0 Å². The number of halogens is 2. The van der Waals surface area contributed by atoms with Crippen molar-refractivity contribution in [3.8, 4) is 0 Å². The summed E-state index contributed by atoms with van der Waals surface area (Å²) in [4.78, 5) is 4.20. The zero-order chi connectivity index (χ0) is 13.1. The molecule has 1 atom stereocenters. The van der Waals surface area contributed by atoms with Crippen LogP contribution in [-0.4, -0.2) is 26.5 Å². The maximum absolute atomic E-state index is 4.20. The van der Waals surface area contributed by atoms with Gasteiger partial charge in [-0.25, -0.2) is 4.68 Å². The fourth-order valence-electron chi connectivity index (χ4n) is 1.81. The van der Waals surface area contributed by atoms with E-state index in [1.165, 1.54) is 0 Å². The van der Waals surface area contributed by atoms with Crippen LogP contribution >= 0.6 is 31.9 Å². The number of nitrogens with zero attached hydrogens (tertiary/aromatic N) is 4. The van der Waals surface area contributed by atoms with Gasteiger partial charge in [0.25, 0.3) is 0 Å². The SMILES string of the molecule is CCNC(c1cncc(Br)c1)c1c(Br)nnn1C. The van der Waals surface area contributed by atoms with Crippen molar-refractivity contribution in [2.24, 2.45) is 7.05 Å². The molecule has 96 valence electrons. The molecule has 1 N–H and O–H groups in total. The van der Waals surface area contributed by atoms with Gasteiger partial charge in [0.05, 0.1) is 11.7 Å². The fourth-order valence-corrected chi connectivity index (χ4v) is 2.75. The van der Waals surface area contributed by atoms with Gasteiger partial charge in [-0.1, -0.05) is 12.1 Å². The van der Waals surface area contributed by atoms with Crippen molar-refractivity contribution in [2.75, 3.05) is 6.54 Å². The summed E-state index contributed by atoms with van der Waals surface area (Å²) in [5.74, 6) is 0. The maximum Gasteiger partial charge on any atom is 0.153 e. The lowest BCUT2D eigenvalue weighted by Crippen LogP contribution is -2.24. The third-order valence-electron chi connectivity index (χ3n) is 2.57. The van der Waals surface area contributed by atoms with E-state index in [1.54, 1.807) is 10.9 Å². The molecule has 0 aliphatic heterocycles. The zero-order valence-electron chi connectivity index (χ0n) is 10.1. The third kappa shape index (κ3) is 2.78. The predicted octanol–water partition coefficient (Wildman–Crippen LogP) is 2.43. The Morgan fingerprint density at radius 1 is 1.39 bits per heavy atom. The lowest BCUT2D eigenvalue weighted by molar-refractivity contribution is 0.565. The second-order valence-corrected chi connectivity index (χ2v) is 5.48. The second-order valence-electron chi connectivity index (χ2n) is 3.82. The number of pyridine rings is 1. The Kier molecular flexibility index (Phi) is 4.47.